The molecule has 60 valence electrons. The lowest BCUT2D eigenvalue weighted by Gasteiger charge is -2.00. The van der Waals surface area contributed by atoms with Crippen molar-refractivity contribution in [1.29, 1.82) is 0 Å². The van der Waals surface area contributed by atoms with E-state index in [-0.39, 0.29) is 0 Å². The number of hydrogen-bond acceptors (Lipinski definition) is 3. The van der Waals surface area contributed by atoms with Gasteiger partial charge in [0, 0.05) is 10.7 Å². The molecule has 1 atom stereocenters. The molecule has 1 N–H and O–H groups in total. The van der Waals surface area contributed by atoms with Gasteiger partial charge in [-0.2, -0.15) is 0 Å². The van der Waals surface area contributed by atoms with Crippen LogP contribution in [0.25, 0.3) is 0 Å². The van der Waals surface area contributed by atoms with Gasteiger partial charge >= 0.3 is 5.97 Å². The third kappa shape index (κ3) is 4.58. The second-order valence-corrected chi connectivity index (χ2v) is 4.77. The lowest BCUT2D eigenvalue weighted by Crippen LogP contribution is -2.17. The smallest absolute Gasteiger partial charge is 0.307 e. The molecule has 0 aliphatic carbocycles. The molecule has 0 aliphatic rings. The summed E-state index contributed by atoms with van der Waals surface area (Å²) in [5.74, 6) is -2.63. The first-order valence-electron chi connectivity index (χ1n) is 2.48. The van der Waals surface area contributed by atoms with E-state index in [0.717, 1.165) is 0 Å². The van der Waals surface area contributed by atoms with E-state index in [4.69, 9.17) is 15.8 Å². The van der Waals surface area contributed by atoms with Crippen LogP contribution in [0.1, 0.15) is 6.92 Å². The summed E-state index contributed by atoms with van der Waals surface area (Å²) >= 11 is 0. The summed E-state index contributed by atoms with van der Waals surface area (Å²) < 4.78 is 20.5. The quantitative estimate of drug-likeness (QED) is 0.643. The Morgan fingerprint density at radius 1 is 1.70 bits per heavy atom. The summed E-state index contributed by atoms with van der Waals surface area (Å²) in [5, 5.41) is 8.22. The van der Waals surface area contributed by atoms with Crippen LogP contribution in [-0.4, -0.2) is 25.2 Å². The van der Waals surface area contributed by atoms with E-state index in [1.807, 2.05) is 0 Å². The van der Waals surface area contributed by atoms with Crippen LogP contribution in [0.4, 0.5) is 0 Å². The van der Waals surface area contributed by atoms with Gasteiger partial charge in [-0.25, -0.2) is 8.42 Å². The highest BCUT2D eigenvalue weighted by Crippen LogP contribution is 2.04. The standard InChI is InChI=1S/C4H7ClO4S/c1-3(4(6)7)2-10(5,8)9/h3H,2H2,1H3,(H,6,7)/t3-/m1/s1. The monoisotopic (exact) mass is 186 g/mol. The molecule has 6 heteroatoms. The van der Waals surface area contributed by atoms with Crippen molar-refractivity contribution in [2.24, 2.45) is 5.92 Å². The second-order valence-electron chi connectivity index (χ2n) is 1.94. The Bertz CT molecular complexity index is 219. The molecule has 10 heavy (non-hydrogen) atoms. The van der Waals surface area contributed by atoms with E-state index in [1.54, 1.807) is 0 Å². The predicted octanol–water partition coefficient (Wildman–Crippen LogP) is 0.276. The number of aliphatic carboxylic acids is 1. The molecule has 0 rings (SSSR count). The molecule has 0 heterocycles. The molecular formula is C4H7ClO4S. The third-order valence-electron chi connectivity index (χ3n) is 0.871. The zero-order valence-electron chi connectivity index (χ0n) is 5.24. The first kappa shape index (κ1) is 9.71. The fraction of sp³-hybridized carbons (Fsp3) is 0.750. The van der Waals surface area contributed by atoms with E-state index < -0.39 is 26.7 Å². The molecule has 4 nitrogen and oxygen atoms in total. The van der Waals surface area contributed by atoms with Crippen molar-refractivity contribution in [3.63, 3.8) is 0 Å². The van der Waals surface area contributed by atoms with Crippen LogP contribution in [0, 0.1) is 5.92 Å². The zero-order chi connectivity index (χ0) is 8.36. The number of carboxylic acids is 1. The van der Waals surface area contributed by atoms with Crippen LogP contribution in [0.15, 0.2) is 0 Å². The Kier molecular flexibility index (Phi) is 3.11. The normalized spacial score (nSPS) is 14.6. The maximum Gasteiger partial charge on any atom is 0.307 e. The van der Waals surface area contributed by atoms with Gasteiger partial charge in [-0.05, 0) is 0 Å². The van der Waals surface area contributed by atoms with Gasteiger partial charge in [0.25, 0.3) is 0 Å². The van der Waals surface area contributed by atoms with E-state index in [0.29, 0.717) is 0 Å². The average molecular weight is 187 g/mol. The molecule has 0 bridgehead atoms. The third-order valence-corrected chi connectivity index (χ3v) is 2.15. The van der Waals surface area contributed by atoms with Crippen LogP contribution in [0.3, 0.4) is 0 Å². The molecule has 0 spiro atoms. The average Bonchev–Trinajstić information content (AvgIpc) is 1.60. The Labute approximate surface area is 63.2 Å². The molecular weight excluding hydrogens is 180 g/mol. The van der Waals surface area contributed by atoms with Gasteiger partial charge in [0.15, 0.2) is 0 Å². The molecule has 0 radical (unpaired) electrons. The Morgan fingerprint density at radius 2 is 2.10 bits per heavy atom. The van der Waals surface area contributed by atoms with Gasteiger partial charge in [-0.15, -0.1) is 0 Å². The maximum absolute atomic E-state index is 10.2. The van der Waals surface area contributed by atoms with Gasteiger partial charge in [0.2, 0.25) is 9.05 Å². The maximum atomic E-state index is 10.2. The summed E-state index contributed by atoms with van der Waals surface area (Å²) in [5.41, 5.74) is 0. The van der Waals surface area contributed by atoms with Crippen molar-refractivity contribution in [3.05, 3.63) is 0 Å². The minimum Gasteiger partial charge on any atom is -0.481 e. The largest absolute Gasteiger partial charge is 0.481 e. The first-order chi connectivity index (χ1) is 4.33. The zero-order valence-corrected chi connectivity index (χ0v) is 6.82. The van der Waals surface area contributed by atoms with Crippen LogP contribution in [0.2, 0.25) is 0 Å². The number of hydrogen-bond donors (Lipinski definition) is 1. The summed E-state index contributed by atoms with van der Waals surface area (Å²) in [4.78, 5) is 10.1. The van der Waals surface area contributed by atoms with E-state index in [1.165, 1.54) is 6.92 Å². The SMILES string of the molecule is C[C@H](CS(=O)(=O)Cl)C(=O)O. The summed E-state index contributed by atoms with van der Waals surface area (Å²) in [7, 11) is 1.10. The Hall–Kier alpha value is -0.290. The molecule has 0 unspecified atom stereocenters. The van der Waals surface area contributed by atoms with Crippen molar-refractivity contribution >= 4 is 25.7 Å². The molecule has 0 fully saturated rings. The molecule has 0 saturated heterocycles. The van der Waals surface area contributed by atoms with Crippen LogP contribution in [-0.2, 0) is 13.8 Å². The van der Waals surface area contributed by atoms with Crippen molar-refractivity contribution in [2.75, 3.05) is 5.75 Å². The van der Waals surface area contributed by atoms with E-state index in [9.17, 15) is 13.2 Å². The minimum atomic E-state index is -3.68. The molecule has 0 saturated carbocycles. The van der Waals surface area contributed by atoms with Crippen molar-refractivity contribution < 1.29 is 18.3 Å². The highest BCUT2D eigenvalue weighted by Gasteiger charge is 2.18. The Balaban J connectivity index is 4.06. The van der Waals surface area contributed by atoms with E-state index in [2.05, 4.69) is 0 Å². The van der Waals surface area contributed by atoms with Gasteiger partial charge in [-0.3, -0.25) is 4.79 Å². The lowest BCUT2D eigenvalue weighted by atomic mass is 10.2. The molecule has 0 aromatic carbocycles. The van der Waals surface area contributed by atoms with Gasteiger partial charge in [0.05, 0.1) is 11.7 Å². The number of rotatable bonds is 3. The summed E-state index contributed by atoms with van der Waals surface area (Å²) in [6.07, 6.45) is 0. The molecule has 0 aliphatic heterocycles. The second kappa shape index (κ2) is 3.21. The number of halogens is 1. The highest BCUT2D eigenvalue weighted by molar-refractivity contribution is 8.13. The topological polar surface area (TPSA) is 71.4 Å². The summed E-state index contributed by atoms with van der Waals surface area (Å²) in [6.45, 7) is 1.28. The molecule has 0 amide bonds. The fourth-order valence-corrected chi connectivity index (χ4v) is 1.68. The molecule has 0 aromatic heterocycles. The lowest BCUT2D eigenvalue weighted by molar-refractivity contribution is -0.140. The first-order valence-corrected chi connectivity index (χ1v) is 4.96. The van der Waals surface area contributed by atoms with E-state index >= 15 is 0 Å². The highest BCUT2D eigenvalue weighted by atomic mass is 35.7. The predicted molar refractivity (Wildman–Crippen MR) is 36.4 cm³/mol. The van der Waals surface area contributed by atoms with Gasteiger partial charge in [-0.1, -0.05) is 6.92 Å². The Morgan fingerprint density at radius 3 is 2.20 bits per heavy atom. The summed E-state index contributed by atoms with van der Waals surface area (Å²) in [6, 6.07) is 0. The van der Waals surface area contributed by atoms with Gasteiger partial charge < -0.3 is 5.11 Å². The minimum absolute atomic E-state index is 0.524. The van der Waals surface area contributed by atoms with Crippen LogP contribution < -0.4 is 0 Å². The van der Waals surface area contributed by atoms with Gasteiger partial charge in [0.1, 0.15) is 0 Å². The molecule has 0 aromatic rings. The number of carbonyl (C=O) groups is 1. The number of carboxylic acid groups (broad SMARTS) is 1. The fourth-order valence-electron chi connectivity index (χ4n) is 0.370. The van der Waals surface area contributed by atoms with Crippen molar-refractivity contribution in [1.82, 2.24) is 0 Å². The van der Waals surface area contributed by atoms with Crippen molar-refractivity contribution in [3.8, 4) is 0 Å². The van der Waals surface area contributed by atoms with Crippen LogP contribution in [0.5, 0.6) is 0 Å². The van der Waals surface area contributed by atoms with Crippen LogP contribution >= 0.6 is 10.7 Å². The van der Waals surface area contributed by atoms with Crippen molar-refractivity contribution in [2.45, 2.75) is 6.92 Å².